The van der Waals surface area contributed by atoms with Gasteiger partial charge in [0.05, 0.1) is 22.3 Å². The van der Waals surface area contributed by atoms with E-state index in [1.54, 1.807) is 24.5 Å². The summed E-state index contributed by atoms with van der Waals surface area (Å²) in [6.07, 6.45) is 0. The Labute approximate surface area is 114 Å². The van der Waals surface area contributed by atoms with Gasteiger partial charge in [0.25, 0.3) is 0 Å². The summed E-state index contributed by atoms with van der Waals surface area (Å²) >= 11 is 1.65. The first kappa shape index (κ1) is 12.1. The minimum atomic E-state index is -0.273. The van der Waals surface area contributed by atoms with E-state index in [2.05, 4.69) is 4.98 Å². The van der Waals surface area contributed by atoms with Crippen LogP contribution in [-0.2, 0) is 0 Å². The Kier molecular flexibility index (Phi) is 2.95. The zero-order chi connectivity index (χ0) is 13.4. The predicted molar refractivity (Wildman–Crippen MR) is 76.3 cm³/mol. The molecule has 3 aromatic rings. The number of aromatic nitrogens is 1. The van der Waals surface area contributed by atoms with E-state index in [9.17, 15) is 4.39 Å². The highest BCUT2D eigenvalue weighted by Gasteiger charge is 2.09. The van der Waals surface area contributed by atoms with E-state index in [1.165, 1.54) is 12.1 Å². The Morgan fingerprint density at radius 2 is 2.00 bits per heavy atom. The topological polar surface area (TPSA) is 22.1 Å². The Bertz CT molecular complexity index is 751. The number of ether oxygens (including phenoxy) is 1. The van der Waals surface area contributed by atoms with Gasteiger partial charge in [0, 0.05) is 5.56 Å². The van der Waals surface area contributed by atoms with Crippen molar-refractivity contribution in [3.63, 3.8) is 0 Å². The number of methoxy groups -OCH3 is 1. The van der Waals surface area contributed by atoms with Crippen molar-refractivity contribution in [3.05, 3.63) is 47.2 Å². The molecule has 3 rings (SSSR count). The second-order valence-electron chi connectivity index (χ2n) is 4.26. The van der Waals surface area contributed by atoms with E-state index < -0.39 is 0 Å². The van der Waals surface area contributed by atoms with Crippen molar-refractivity contribution in [1.29, 1.82) is 0 Å². The Hall–Kier alpha value is -1.94. The molecule has 0 aliphatic rings. The molecular weight excluding hydrogens is 261 g/mol. The minimum Gasteiger partial charge on any atom is -0.496 e. The molecule has 0 aliphatic carbocycles. The van der Waals surface area contributed by atoms with Crippen LogP contribution in [0.2, 0.25) is 0 Å². The van der Waals surface area contributed by atoms with Crippen molar-refractivity contribution in [2.45, 2.75) is 6.92 Å². The molecule has 19 heavy (non-hydrogen) atoms. The van der Waals surface area contributed by atoms with Crippen LogP contribution in [0.3, 0.4) is 0 Å². The van der Waals surface area contributed by atoms with E-state index in [4.69, 9.17) is 4.74 Å². The predicted octanol–water partition coefficient (Wildman–Crippen LogP) is 4.42. The lowest BCUT2D eigenvalue weighted by atomic mass is 10.0. The molecule has 2 aromatic carbocycles. The number of nitrogens with zero attached hydrogens (tertiary/aromatic N) is 1. The quantitative estimate of drug-likeness (QED) is 0.689. The lowest BCUT2D eigenvalue weighted by molar-refractivity contribution is 0.415. The first-order valence-corrected chi connectivity index (χ1v) is 6.70. The van der Waals surface area contributed by atoms with Crippen LogP contribution in [0.4, 0.5) is 4.39 Å². The van der Waals surface area contributed by atoms with Crippen LogP contribution >= 0.6 is 11.3 Å². The van der Waals surface area contributed by atoms with Gasteiger partial charge in [-0.05, 0) is 42.8 Å². The normalized spacial score (nSPS) is 10.9. The molecule has 0 radical (unpaired) electrons. The number of aryl methyl sites for hydroxylation is 1. The average Bonchev–Trinajstić information content (AvgIpc) is 2.77. The molecule has 0 atom stereocenters. The number of halogens is 1. The molecule has 0 amide bonds. The van der Waals surface area contributed by atoms with Gasteiger partial charge >= 0.3 is 0 Å². The highest BCUT2D eigenvalue weighted by molar-refractivity contribution is 7.18. The third-order valence-electron chi connectivity index (χ3n) is 2.97. The summed E-state index contributed by atoms with van der Waals surface area (Å²) in [6, 6.07) is 10.5. The molecule has 0 aliphatic heterocycles. The highest BCUT2D eigenvalue weighted by atomic mass is 32.1. The molecule has 2 nitrogen and oxygen atoms in total. The number of rotatable bonds is 2. The summed E-state index contributed by atoms with van der Waals surface area (Å²) < 4.78 is 19.8. The summed E-state index contributed by atoms with van der Waals surface area (Å²) in [6.45, 7) is 1.98. The SMILES string of the molecule is COc1ccc(F)cc1-c1ccc2sc(C)nc2c1. The van der Waals surface area contributed by atoms with E-state index in [0.717, 1.165) is 26.4 Å². The van der Waals surface area contributed by atoms with E-state index in [1.807, 2.05) is 25.1 Å². The number of benzene rings is 2. The zero-order valence-corrected chi connectivity index (χ0v) is 11.4. The van der Waals surface area contributed by atoms with Gasteiger partial charge in [-0.2, -0.15) is 0 Å². The monoisotopic (exact) mass is 273 g/mol. The Balaban J connectivity index is 2.20. The molecular formula is C15H12FNOS. The van der Waals surface area contributed by atoms with Gasteiger partial charge in [-0.1, -0.05) is 6.07 Å². The number of hydrogen-bond donors (Lipinski definition) is 0. The maximum Gasteiger partial charge on any atom is 0.126 e. The summed E-state index contributed by atoms with van der Waals surface area (Å²) in [7, 11) is 1.59. The molecule has 0 unspecified atom stereocenters. The molecule has 0 spiro atoms. The first-order valence-electron chi connectivity index (χ1n) is 5.88. The van der Waals surface area contributed by atoms with Gasteiger partial charge < -0.3 is 4.74 Å². The highest BCUT2D eigenvalue weighted by Crippen LogP contribution is 2.33. The maximum atomic E-state index is 13.4. The molecule has 1 aromatic heterocycles. The fourth-order valence-corrected chi connectivity index (χ4v) is 2.92. The molecule has 0 saturated carbocycles. The van der Waals surface area contributed by atoms with Crippen LogP contribution in [0.25, 0.3) is 21.3 Å². The molecule has 0 bridgehead atoms. The van der Waals surface area contributed by atoms with E-state index in [-0.39, 0.29) is 5.82 Å². The smallest absolute Gasteiger partial charge is 0.126 e. The van der Waals surface area contributed by atoms with Gasteiger partial charge in [0.2, 0.25) is 0 Å². The average molecular weight is 273 g/mol. The van der Waals surface area contributed by atoms with Crippen molar-refractivity contribution < 1.29 is 9.13 Å². The first-order chi connectivity index (χ1) is 9.17. The fraction of sp³-hybridized carbons (Fsp3) is 0.133. The third-order valence-corrected chi connectivity index (χ3v) is 3.92. The van der Waals surface area contributed by atoms with Crippen LogP contribution in [0.1, 0.15) is 5.01 Å². The Morgan fingerprint density at radius 3 is 2.79 bits per heavy atom. The van der Waals surface area contributed by atoms with Gasteiger partial charge in [-0.25, -0.2) is 9.37 Å². The van der Waals surface area contributed by atoms with Gasteiger partial charge in [-0.3, -0.25) is 0 Å². The van der Waals surface area contributed by atoms with Gasteiger partial charge in [-0.15, -0.1) is 11.3 Å². The van der Waals surface area contributed by atoms with Crippen molar-refractivity contribution in [3.8, 4) is 16.9 Å². The van der Waals surface area contributed by atoms with Crippen molar-refractivity contribution in [1.82, 2.24) is 4.98 Å². The summed E-state index contributed by atoms with van der Waals surface area (Å²) in [5, 5.41) is 1.03. The van der Waals surface area contributed by atoms with Crippen LogP contribution in [0, 0.1) is 12.7 Å². The number of hydrogen-bond acceptors (Lipinski definition) is 3. The summed E-state index contributed by atoms with van der Waals surface area (Å²) in [5.74, 6) is 0.387. The summed E-state index contributed by atoms with van der Waals surface area (Å²) in [4.78, 5) is 4.46. The van der Waals surface area contributed by atoms with Gasteiger partial charge in [0.15, 0.2) is 0 Å². The van der Waals surface area contributed by atoms with Crippen LogP contribution in [0.5, 0.6) is 5.75 Å². The van der Waals surface area contributed by atoms with E-state index >= 15 is 0 Å². The maximum absolute atomic E-state index is 13.4. The second-order valence-corrected chi connectivity index (χ2v) is 5.49. The molecule has 0 fully saturated rings. The largest absolute Gasteiger partial charge is 0.496 e. The van der Waals surface area contributed by atoms with Gasteiger partial charge in [0.1, 0.15) is 11.6 Å². The Morgan fingerprint density at radius 1 is 1.16 bits per heavy atom. The third kappa shape index (κ3) is 2.19. The molecule has 4 heteroatoms. The molecule has 96 valence electrons. The number of thiazole rings is 1. The lowest BCUT2D eigenvalue weighted by Crippen LogP contribution is -1.89. The van der Waals surface area contributed by atoms with E-state index in [0.29, 0.717) is 5.75 Å². The molecule has 1 heterocycles. The molecule has 0 saturated heterocycles. The molecule has 0 N–H and O–H groups in total. The standard InChI is InChI=1S/C15H12FNOS/c1-9-17-13-7-10(3-6-15(13)19-9)12-8-11(16)4-5-14(12)18-2/h3-8H,1-2H3. The summed E-state index contributed by atoms with van der Waals surface area (Å²) in [5.41, 5.74) is 2.59. The van der Waals surface area contributed by atoms with Crippen molar-refractivity contribution >= 4 is 21.6 Å². The van der Waals surface area contributed by atoms with Crippen LogP contribution in [-0.4, -0.2) is 12.1 Å². The van der Waals surface area contributed by atoms with Crippen molar-refractivity contribution in [2.75, 3.05) is 7.11 Å². The number of fused-ring (bicyclic) bond motifs is 1. The lowest BCUT2D eigenvalue weighted by Gasteiger charge is -2.08. The van der Waals surface area contributed by atoms with Crippen molar-refractivity contribution in [2.24, 2.45) is 0 Å². The zero-order valence-electron chi connectivity index (χ0n) is 10.6. The fourth-order valence-electron chi connectivity index (χ4n) is 2.12. The van der Waals surface area contributed by atoms with Crippen LogP contribution < -0.4 is 4.74 Å². The second kappa shape index (κ2) is 4.63. The van der Waals surface area contributed by atoms with Crippen LogP contribution in [0.15, 0.2) is 36.4 Å². The minimum absolute atomic E-state index is 0.273.